The first-order valence-corrected chi connectivity index (χ1v) is 8.95. The summed E-state index contributed by atoms with van der Waals surface area (Å²) in [5, 5.41) is 3.25. The van der Waals surface area contributed by atoms with E-state index < -0.39 is 11.9 Å². The van der Waals surface area contributed by atoms with E-state index in [2.05, 4.69) is 10.3 Å². The Labute approximate surface area is 156 Å². The summed E-state index contributed by atoms with van der Waals surface area (Å²) in [5.74, 6) is 0.205. The Morgan fingerprint density at radius 3 is 2.62 bits per heavy atom. The van der Waals surface area contributed by atoms with Crippen LogP contribution in [-0.2, 0) is 16.1 Å². The molecule has 138 valence electrons. The predicted molar refractivity (Wildman–Crippen MR) is 97.7 cm³/mol. The lowest BCUT2D eigenvalue weighted by Gasteiger charge is -2.11. The molecule has 1 aromatic carbocycles. The molecular weight excluding hydrogens is 356 g/mol. The predicted octanol–water partition coefficient (Wildman–Crippen LogP) is 2.29. The molecule has 0 bridgehead atoms. The van der Waals surface area contributed by atoms with Gasteiger partial charge in [0, 0.05) is 12.7 Å². The van der Waals surface area contributed by atoms with Gasteiger partial charge in [0.1, 0.15) is 5.03 Å². The summed E-state index contributed by atoms with van der Waals surface area (Å²) in [6.07, 6.45) is 3.41. The van der Waals surface area contributed by atoms with Gasteiger partial charge in [-0.25, -0.2) is 9.78 Å². The summed E-state index contributed by atoms with van der Waals surface area (Å²) in [6.45, 7) is -0.0888. The molecule has 0 fully saturated rings. The number of carbonyl (C=O) groups excluding carboxylic acids is 2. The molecule has 8 heteroatoms. The molecule has 0 aliphatic carbocycles. The zero-order valence-corrected chi connectivity index (χ0v) is 15.6. The number of pyridine rings is 1. The minimum Gasteiger partial charge on any atom is -0.493 e. The van der Waals surface area contributed by atoms with Gasteiger partial charge in [-0.1, -0.05) is 6.07 Å². The molecule has 7 nitrogen and oxygen atoms in total. The normalized spacial score (nSPS) is 10.1. The number of amides is 1. The molecule has 1 amide bonds. The molecule has 0 saturated heterocycles. The highest BCUT2D eigenvalue weighted by Gasteiger charge is 2.15. The zero-order valence-electron chi connectivity index (χ0n) is 14.8. The minimum atomic E-state index is -0.580. The first-order valence-electron chi connectivity index (χ1n) is 7.72. The van der Waals surface area contributed by atoms with Crippen LogP contribution in [0, 0.1) is 0 Å². The highest BCUT2D eigenvalue weighted by atomic mass is 32.2. The molecule has 0 radical (unpaired) electrons. The van der Waals surface area contributed by atoms with Crippen molar-refractivity contribution in [1.82, 2.24) is 10.3 Å². The van der Waals surface area contributed by atoms with E-state index in [1.807, 2.05) is 12.3 Å². The van der Waals surface area contributed by atoms with Crippen LogP contribution in [0.5, 0.6) is 11.5 Å². The Balaban J connectivity index is 1.86. The van der Waals surface area contributed by atoms with E-state index in [9.17, 15) is 9.59 Å². The van der Waals surface area contributed by atoms with Gasteiger partial charge in [-0.15, -0.1) is 11.8 Å². The Bertz CT molecular complexity index is 782. The van der Waals surface area contributed by atoms with Gasteiger partial charge < -0.3 is 19.5 Å². The van der Waals surface area contributed by atoms with E-state index in [0.717, 1.165) is 5.56 Å². The van der Waals surface area contributed by atoms with Crippen LogP contribution in [0.25, 0.3) is 0 Å². The van der Waals surface area contributed by atoms with Crippen molar-refractivity contribution in [3.05, 3.63) is 47.7 Å². The topological polar surface area (TPSA) is 86.8 Å². The van der Waals surface area contributed by atoms with Crippen molar-refractivity contribution in [1.29, 1.82) is 0 Å². The van der Waals surface area contributed by atoms with E-state index in [0.29, 0.717) is 22.1 Å². The minimum absolute atomic E-state index is 0.277. The first-order chi connectivity index (χ1) is 12.6. The molecule has 0 unspecified atom stereocenters. The van der Waals surface area contributed by atoms with Gasteiger partial charge in [0.2, 0.25) is 0 Å². The second-order valence-corrected chi connectivity index (χ2v) is 5.90. The van der Waals surface area contributed by atoms with Gasteiger partial charge in [-0.05, 0) is 36.1 Å². The number of ether oxygens (including phenoxy) is 3. The average Bonchev–Trinajstić information content (AvgIpc) is 2.69. The van der Waals surface area contributed by atoms with Gasteiger partial charge in [-0.3, -0.25) is 4.79 Å². The third-order valence-electron chi connectivity index (χ3n) is 3.46. The number of carbonyl (C=O) groups is 2. The molecule has 1 N–H and O–H groups in total. The van der Waals surface area contributed by atoms with Crippen molar-refractivity contribution in [3.63, 3.8) is 0 Å². The fourth-order valence-electron chi connectivity index (χ4n) is 2.16. The summed E-state index contributed by atoms with van der Waals surface area (Å²) in [4.78, 5) is 28.1. The van der Waals surface area contributed by atoms with Crippen LogP contribution < -0.4 is 14.8 Å². The van der Waals surface area contributed by atoms with Crippen molar-refractivity contribution in [2.75, 3.05) is 27.1 Å². The molecule has 2 aromatic rings. The van der Waals surface area contributed by atoms with E-state index in [-0.39, 0.29) is 13.2 Å². The zero-order chi connectivity index (χ0) is 18.9. The second kappa shape index (κ2) is 9.67. The maximum absolute atomic E-state index is 12.1. The summed E-state index contributed by atoms with van der Waals surface area (Å²) < 4.78 is 15.4. The second-order valence-electron chi connectivity index (χ2n) is 5.10. The maximum atomic E-state index is 12.1. The van der Waals surface area contributed by atoms with Crippen molar-refractivity contribution < 1.29 is 23.8 Å². The molecule has 1 aromatic heterocycles. The molecule has 26 heavy (non-hydrogen) atoms. The number of rotatable bonds is 8. The Kier molecular flexibility index (Phi) is 7.28. The molecule has 0 aliphatic heterocycles. The lowest BCUT2D eigenvalue weighted by Crippen LogP contribution is -2.28. The van der Waals surface area contributed by atoms with Crippen LogP contribution in [0.1, 0.15) is 15.9 Å². The van der Waals surface area contributed by atoms with Crippen LogP contribution in [-0.4, -0.2) is 43.9 Å². The number of methoxy groups -OCH3 is 2. The lowest BCUT2D eigenvalue weighted by molar-refractivity contribution is -0.124. The monoisotopic (exact) mass is 376 g/mol. The Hall–Kier alpha value is -2.74. The van der Waals surface area contributed by atoms with Gasteiger partial charge in [0.15, 0.2) is 18.1 Å². The van der Waals surface area contributed by atoms with E-state index in [1.165, 1.54) is 11.8 Å². The average molecular weight is 376 g/mol. The number of aromatic nitrogens is 1. The molecule has 0 saturated carbocycles. The summed E-state index contributed by atoms with van der Waals surface area (Å²) in [5.41, 5.74) is 1.17. The molecule has 0 aliphatic rings. The Morgan fingerprint density at radius 2 is 1.92 bits per heavy atom. The fraction of sp³-hybridized carbons (Fsp3) is 0.278. The highest BCUT2D eigenvalue weighted by Crippen LogP contribution is 2.27. The Morgan fingerprint density at radius 1 is 1.15 bits per heavy atom. The third kappa shape index (κ3) is 5.13. The number of thioether (sulfide) groups is 1. The molecule has 0 atom stereocenters. The largest absolute Gasteiger partial charge is 0.493 e. The van der Waals surface area contributed by atoms with Crippen LogP contribution in [0.4, 0.5) is 0 Å². The van der Waals surface area contributed by atoms with E-state index in [4.69, 9.17) is 14.2 Å². The number of hydrogen-bond acceptors (Lipinski definition) is 7. The van der Waals surface area contributed by atoms with E-state index in [1.54, 1.807) is 44.7 Å². The van der Waals surface area contributed by atoms with Crippen LogP contribution >= 0.6 is 11.8 Å². The van der Waals surface area contributed by atoms with Crippen molar-refractivity contribution in [3.8, 4) is 11.5 Å². The molecule has 2 rings (SSSR count). The first kappa shape index (κ1) is 19.6. The van der Waals surface area contributed by atoms with Crippen molar-refractivity contribution >= 4 is 23.6 Å². The van der Waals surface area contributed by atoms with Crippen LogP contribution in [0.15, 0.2) is 41.6 Å². The highest BCUT2D eigenvalue weighted by molar-refractivity contribution is 7.98. The number of esters is 1. The number of nitrogens with zero attached hydrogens (tertiary/aromatic N) is 1. The van der Waals surface area contributed by atoms with Crippen LogP contribution in [0.2, 0.25) is 0 Å². The van der Waals surface area contributed by atoms with Gasteiger partial charge in [0.25, 0.3) is 5.91 Å². The SMILES string of the molecule is COc1ccc(CNC(=O)COC(=O)c2cccnc2SC)cc1OC. The van der Waals surface area contributed by atoms with Crippen LogP contribution in [0.3, 0.4) is 0 Å². The summed E-state index contributed by atoms with van der Waals surface area (Å²) >= 11 is 1.34. The summed E-state index contributed by atoms with van der Waals surface area (Å²) in [7, 11) is 3.10. The molecule has 0 spiro atoms. The van der Waals surface area contributed by atoms with Gasteiger partial charge >= 0.3 is 5.97 Å². The maximum Gasteiger partial charge on any atom is 0.341 e. The number of benzene rings is 1. The summed E-state index contributed by atoms with van der Waals surface area (Å²) in [6, 6.07) is 8.60. The molecule has 1 heterocycles. The smallest absolute Gasteiger partial charge is 0.341 e. The fourth-order valence-corrected chi connectivity index (χ4v) is 2.70. The third-order valence-corrected chi connectivity index (χ3v) is 4.17. The number of nitrogens with one attached hydrogen (secondary N) is 1. The lowest BCUT2D eigenvalue weighted by atomic mass is 10.2. The van der Waals surface area contributed by atoms with E-state index >= 15 is 0 Å². The van der Waals surface area contributed by atoms with Gasteiger partial charge in [0.05, 0.1) is 19.8 Å². The van der Waals surface area contributed by atoms with Crippen molar-refractivity contribution in [2.24, 2.45) is 0 Å². The standard InChI is InChI=1S/C18H20N2O5S/c1-23-14-7-6-12(9-15(14)24-2)10-20-16(21)11-25-18(22)13-5-4-8-19-17(13)26-3/h4-9H,10-11H2,1-3H3,(H,20,21). The number of hydrogen-bond donors (Lipinski definition) is 1. The van der Waals surface area contributed by atoms with Gasteiger partial charge in [-0.2, -0.15) is 0 Å². The van der Waals surface area contributed by atoms with Crippen molar-refractivity contribution in [2.45, 2.75) is 11.6 Å². The molecular formula is C18H20N2O5S. The quantitative estimate of drug-likeness (QED) is 0.559.